The van der Waals surface area contributed by atoms with Crippen molar-refractivity contribution in [3.63, 3.8) is 0 Å². The molecule has 0 radical (unpaired) electrons. The maximum atomic E-state index is 13.2. The molecule has 0 N–H and O–H groups in total. The highest BCUT2D eigenvalue weighted by Crippen LogP contribution is 2.43. The molecule has 0 bridgehead atoms. The number of rotatable bonds is 6. The topological polar surface area (TPSA) is 55.8 Å². The number of para-hydroxylation sites is 1. The SMILES string of the molecule is CCOc1cc(C=O)ccc1OCC(=O)N1c2ccccc2S[C@@H]2C=CC=C[C@@H]21. The first kappa shape index (κ1) is 19.3. The third-order valence-electron chi connectivity index (χ3n) is 4.77. The van der Waals surface area contributed by atoms with Crippen LogP contribution in [0, 0.1) is 0 Å². The van der Waals surface area contributed by atoms with Gasteiger partial charge in [-0.2, -0.15) is 0 Å². The zero-order valence-corrected chi connectivity index (χ0v) is 16.8. The van der Waals surface area contributed by atoms with Crippen LogP contribution < -0.4 is 14.4 Å². The minimum atomic E-state index is -0.130. The van der Waals surface area contributed by atoms with Crippen LogP contribution in [0.25, 0.3) is 0 Å². The van der Waals surface area contributed by atoms with Crippen LogP contribution >= 0.6 is 11.8 Å². The van der Waals surface area contributed by atoms with E-state index in [0.29, 0.717) is 23.7 Å². The summed E-state index contributed by atoms with van der Waals surface area (Å²) in [5.74, 6) is 0.772. The van der Waals surface area contributed by atoms with E-state index < -0.39 is 0 Å². The van der Waals surface area contributed by atoms with Crippen LogP contribution in [0.3, 0.4) is 0 Å². The van der Waals surface area contributed by atoms with Gasteiger partial charge in [0, 0.05) is 10.5 Å². The van der Waals surface area contributed by atoms with E-state index in [4.69, 9.17) is 9.47 Å². The van der Waals surface area contributed by atoms with Crippen molar-refractivity contribution < 1.29 is 19.1 Å². The molecule has 5 nitrogen and oxygen atoms in total. The monoisotopic (exact) mass is 407 g/mol. The fraction of sp³-hybridized carbons (Fsp3) is 0.217. The number of allylic oxidation sites excluding steroid dienone is 2. The summed E-state index contributed by atoms with van der Waals surface area (Å²) < 4.78 is 11.4. The van der Waals surface area contributed by atoms with E-state index in [1.54, 1.807) is 30.0 Å². The summed E-state index contributed by atoms with van der Waals surface area (Å²) >= 11 is 1.76. The molecule has 0 unspecified atom stereocenters. The quantitative estimate of drug-likeness (QED) is 0.669. The summed E-state index contributed by atoms with van der Waals surface area (Å²) in [7, 11) is 0. The van der Waals surface area contributed by atoms with Gasteiger partial charge in [-0.15, -0.1) is 11.8 Å². The summed E-state index contributed by atoms with van der Waals surface area (Å²) in [6.07, 6.45) is 8.92. The van der Waals surface area contributed by atoms with Crippen molar-refractivity contribution in [1.29, 1.82) is 0 Å². The van der Waals surface area contributed by atoms with Crippen molar-refractivity contribution in [2.24, 2.45) is 0 Å². The van der Waals surface area contributed by atoms with Crippen LogP contribution in [-0.2, 0) is 4.79 Å². The number of fused-ring (bicyclic) bond motifs is 2. The number of carbonyl (C=O) groups excluding carboxylic acids is 2. The lowest BCUT2D eigenvalue weighted by atomic mass is 10.0. The first-order valence-corrected chi connectivity index (χ1v) is 10.4. The van der Waals surface area contributed by atoms with Crippen LogP contribution in [0.15, 0.2) is 71.7 Å². The Morgan fingerprint density at radius 1 is 1.10 bits per heavy atom. The van der Waals surface area contributed by atoms with Gasteiger partial charge in [0.2, 0.25) is 0 Å². The molecule has 1 aliphatic carbocycles. The highest BCUT2D eigenvalue weighted by molar-refractivity contribution is 8.00. The first-order chi connectivity index (χ1) is 14.2. The van der Waals surface area contributed by atoms with Gasteiger partial charge in [0.1, 0.15) is 6.29 Å². The van der Waals surface area contributed by atoms with Crippen molar-refractivity contribution in [3.8, 4) is 11.5 Å². The van der Waals surface area contributed by atoms with Gasteiger partial charge in [-0.3, -0.25) is 14.5 Å². The second-order valence-electron chi connectivity index (χ2n) is 6.62. The average molecular weight is 407 g/mol. The number of anilines is 1. The highest BCUT2D eigenvalue weighted by Gasteiger charge is 2.36. The van der Waals surface area contributed by atoms with Gasteiger partial charge >= 0.3 is 0 Å². The van der Waals surface area contributed by atoms with E-state index in [1.807, 2.05) is 48.2 Å². The van der Waals surface area contributed by atoms with Crippen LogP contribution in [0.5, 0.6) is 11.5 Å². The fourth-order valence-corrected chi connectivity index (χ4v) is 4.73. The van der Waals surface area contributed by atoms with E-state index in [0.717, 1.165) is 16.9 Å². The molecular weight excluding hydrogens is 386 g/mol. The van der Waals surface area contributed by atoms with Crippen molar-refractivity contribution in [3.05, 3.63) is 72.3 Å². The van der Waals surface area contributed by atoms with E-state index in [2.05, 4.69) is 12.2 Å². The maximum Gasteiger partial charge on any atom is 0.265 e. The molecule has 2 atom stereocenters. The summed E-state index contributed by atoms with van der Waals surface area (Å²) in [4.78, 5) is 27.1. The molecule has 0 aromatic heterocycles. The molecule has 2 aromatic carbocycles. The molecule has 6 heteroatoms. The number of amides is 1. The molecule has 1 amide bonds. The smallest absolute Gasteiger partial charge is 0.265 e. The third kappa shape index (κ3) is 3.93. The normalized spacial score (nSPS) is 19.3. The summed E-state index contributed by atoms with van der Waals surface area (Å²) in [6.45, 7) is 2.17. The Morgan fingerprint density at radius 2 is 1.93 bits per heavy atom. The molecule has 2 aromatic rings. The standard InChI is InChI=1S/C23H21NO4S/c1-2-27-20-13-16(14-25)11-12-19(20)28-15-23(26)24-17-7-3-5-9-21(17)29-22-10-6-4-8-18(22)24/h3-14,17,21H,2,15H2,1H3/t17-,21+/m0/s1. The highest BCUT2D eigenvalue weighted by atomic mass is 32.2. The summed E-state index contributed by atoms with van der Waals surface area (Å²) in [6, 6.07) is 12.8. The first-order valence-electron chi connectivity index (χ1n) is 9.49. The zero-order chi connectivity index (χ0) is 20.2. The van der Waals surface area contributed by atoms with Gasteiger partial charge in [-0.25, -0.2) is 0 Å². The molecule has 0 fully saturated rings. The predicted octanol–water partition coefficient (Wildman–Crippen LogP) is 4.28. The lowest BCUT2D eigenvalue weighted by Gasteiger charge is -2.40. The van der Waals surface area contributed by atoms with Crippen molar-refractivity contribution in [2.45, 2.75) is 23.1 Å². The van der Waals surface area contributed by atoms with Crippen LogP contribution in [0.4, 0.5) is 5.69 Å². The lowest BCUT2D eigenvalue weighted by Crippen LogP contribution is -2.49. The molecule has 2 aliphatic rings. The number of hydrogen-bond donors (Lipinski definition) is 0. The fourth-order valence-electron chi connectivity index (χ4n) is 3.48. The van der Waals surface area contributed by atoms with E-state index in [1.165, 1.54) is 0 Å². The zero-order valence-electron chi connectivity index (χ0n) is 16.0. The molecular formula is C23H21NO4S. The molecule has 1 heterocycles. The Balaban J connectivity index is 1.57. The van der Waals surface area contributed by atoms with Gasteiger partial charge in [0.25, 0.3) is 5.91 Å². The van der Waals surface area contributed by atoms with Crippen molar-refractivity contribution >= 4 is 29.6 Å². The Morgan fingerprint density at radius 3 is 2.76 bits per heavy atom. The molecule has 0 saturated heterocycles. The average Bonchev–Trinajstić information content (AvgIpc) is 2.76. The Labute approximate surface area is 174 Å². The lowest BCUT2D eigenvalue weighted by molar-refractivity contribution is -0.120. The minimum Gasteiger partial charge on any atom is -0.490 e. The summed E-state index contributed by atoms with van der Waals surface area (Å²) in [5, 5.41) is 0.171. The Hall–Kier alpha value is -2.99. The van der Waals surface area contributed by atoms with Gasteiger partial charge < -0.3 is 9.47 Å². The number of benzene rings is 2. The Bertz CT molecular complexity index is 985. The molecule has 1 aliphatic heterocycles. The second kappa shape index (κ2) is 8.57. The molecule has 29 heavy (non-hydrogen) atoms. The Kier molecular flexibility index (Phi) is 5.71. The number of thioether (sulfide) groups is 1. The van der Waals surface area contributed by atoms with Crippen molar-refractivity contribution in [2.75, 3.05) is 18.1 Å². The third-order valence-corrected chi connectivity index (χ3v) is 6.07. The number of carbonyl (C=O) groups is 2. The molecule has 0 spiro atoms. The molecule has 0 saturated carbocycles. The van der Waals surface area contributed by atoms with Gasteiger partial charge in [0.05, 0.1) is 23.6 Å². The number of ether oxygens (including phenoxy) is 2. The number of hydrogen-bond acceptors (Lipinski definition) is 5. The van der Waals surface area contributed by atoms with E-state index in [-0.39, 0.29) is 23.8 Å². The van der Waals surface area contributed by atoms with Gasteiger partial charge in [-0.05, 0) is 37.3 Å². The second-order valence-corrected chi connectivity index (χ2v) is 7.84. The maximum absolute atomic E-state index is 13.2. The van der Waals surface area contributed by atoms with Crippen molar-refractivity contribution in [1.82, 2.24) is 0 Å². The summed E-state index contributed by atoms with van der Waals surface area (Å²) in [5.41, 5.74) is 1.39. The number of nitrogens with zero attached hydrogens (tertiary/aromatic N) is 1. The molecule has 148 valence electrons. The van der Waals surface area contributed by atoms with Gasteiger partial charge in [-0.1, -0.05) is 36.4 Å². The van der Waals surface area contributed by atoms with E-state index in [9.17, 15) is 9.59 Å². The van der Waals surface area contributed by atoms with Crippen LogP contribution in [-0.4, -0.2) is 36.7 Å². The van der Waals surface area contributed by atoms with Crippen LogP contribution in [0.2, 0.25) is 0 Å². The number of aldehydes is 1. The minimum absolute atomic E-state index is 0.0557. The molecule has 4 rings (SSSR count). The van der Waals surface area contributed by atoms with Gasteiger partial charge in [0.15, 0.2) is 18.1 Å². The van der Waals surface area contributed by atoms with E-state index >= 15 is 0 Å². The van der Waals surface area contributed by atoms with Crippen LogP contribution in [0.1, 0.15) is 17.3 Å². The largest absolute Gasteiger partial charge is 0.490 e. The predicted molar refractivity (Wildman–Crippen MR) is 114 cm³/mol.